The van der Waals surface area contributed by atoms with Gasteiger partial charge >= 0.3 is 30.7 Å². The van der Waals surface area contributed by atoms with Gasteiger partial charge in [-0.3, -0.25) is 39.1 Å². The lowest BCUT2D eigenvalue weighted by molar-refractivity contribution is -0.153. The molecule has 4 spiro atoms. The molecular formula is C95H75BrCl8F2N8O14. The normalized spacial score (nSPS) is 20.5. The van der Waals surface area contributed by atoms with E-state index in [1.165, 1.54) is 65.3 Å². The van der Waals surface area contributed by atoms with E-state index in [0.29, 0.717) is 96.8 Å². The second-order valence-electron chi connectivity index (χ2n) is 31.2. The first kappa shape index (κ1) is 90.7. The van der Waals surface area contributed by atoms with Crippen molar-refractivity contribution in [2.24, 2.45) is 0 Å². The Morgan fingerprint density at radius 1 is 0.328 bits per heavy atom. The molecule has 0 aromatic heterocycles. The second-order valence-corrected chi connectivity index (χ2v) is 35.6. The van der Waals surface area contributed by atoms with Crippen molar-refractivity contribution in [1.82, 2.24) is 0 Å². The van der Waals surface area contributed by atoms with Gasteiger partial charge in [-0.05, 0) is 244 Å². The Hall–Kier alpha value is -10.6. The van der Waals surface area contributed by atoms with Gasteiger partial charge < -0.3 is 44.1 Å². The summed E-state index contributed by atoms with van der Waals surface area (Å²) < 4.78 is 53.5. The Labute approximate surface area is 782 Å². The van der Waals surface area contributed by atoms with Crippen molar-refractivity contribution in [2.45, 2.75) is 59.8 Å². The lowest BCUT2D eigenvalue weighted by atomic mass is 9.78. The van der Waals surface area contributed by atoms with E-state index >= 15 is 0 Å². The molecule has 33 heteroatoms. The highest BCUT2D eigenvalue weighted by Crippen LogP contribution is 2.59. The van der Waals surface area contributed by atoms with Crippen molar-refractivity contribution >= 4 is 184 Å². The highest BCUT2D eigenvalue weighted by Gasteiger charge is 2.75. The van der Waals surface area contributed by atoms with Crippen molar-refractivity contribution in [3.05, 3.63) is 364 Å². The van der Waals surface area contributed by atoms with Crippen LogP contribution in [0, 0.1) is 13.8 Å². The highest BCUT2D eigenvalue weighted by atomic mass is 79.9. The molecule has 3 unspecified atom stereocenters. The molecule has 8 aliphatic rings. The van der Waals surface area contributed by atoms with Crippen LogP contribution in [0.1, 0.15) is 27.8 Å². The van der Waals surface area contributed by atoms with Gasteiger partial charge in [0, 0.05) is 101 Å². The van der Waals surface area contributed by atoms with E-state index in [4.69, 9.17) is 112 Å². The Bertz CT molecular complexity index is 5960. The Balaban J connectivity index is 0.000000122. The largest absolute Gasteiger partial charge is 0.508 e. The molecule has 4 N–H and O–H groups in total. The Morgan fingerprint density at radius 3 is 0.875 bits per heavy atom. The van der Waals surface area contributed by atoms with Gasteiger partial charge in [-0.1, -0.05) is 181 Å². The maximum Gasteiger partial charge on any atom is 0.387 e. The lowest BCUT2D eigenvalue weighted by Gasteiger charge is -2.51. The van der Waals surface area contributed by atoms with Crippen LogP contribution >= 0.6 is 109 Å². The summed E-state index contributed by atoms with van der Waals surface area (Å²) in [4.78, 5) is 79.0. The smallest absolute Gasteiger partial charge is 0.387 e. The summed E-state index contributed by atoms with van der Waals surface area (Å²) >= 11 is 51.6. The van der Waals surface area contributed by atoms with Gasteiger partial charge in [0.1, 0.15) is 28.1 Å². The summed E-state index contributed by atoms with van der Waals surface area (Å²) in [5.41, 5.74) is -2.26. The Kier molecular flexibility index (Phi) is 25.8. The topological polar surface area (TPSA) is 238 Å². The quantitative estimate of drug-likeness (QED) is 0.0786. The minimum absolute atomic E-state index is 0.00187. The van der Waals surface area contributed by atoms with Crippen LogP contribution in [-0.4, -0.2) is 132 Å². The van der Waals surface area contributed by atoms with Crippen LogP contribution in [0.4, 0.5) is 73.5 Å². The van der Waals surface area contributed by atoms with E-state index in [-0.39, 0.29) is 81.9 Å². The first-order chi connectivity index (χ1) is 61.3. The molecule has 656 valence electrons. The number of benzene rings is 12. The van der Waals surface area contributed by atoms with Crippen LogP contribution in [0.5, 0.6) is 11.5 Å². The number of nitrogens with zero attached hydrogens (tertiary/aromatic N) is 8. The van der Waals surface area contributed by atoms with Crippen LogP contribution in [-0.2, 0) is 40.9 Å². The van der Waals surface area contributed by atoms with Crippen LogP contribution in [0.15, 0.2) is 296 Å². The van der Waals surface area contributed by atoms with Crippen molar-refractivity contribution in [1.29, 1.82) is 0 Å². The van der Waals surface area contributed by atoms with Gasteiger partial charge in [-0.2, -0.15) is 8.78 Å². The molecule has 0 radical (unpaired) electrons. The number of alkyl halides is 2. The van der Waals surface area contributed by atoms with E-state index < -0.39 is 64.0 Å². The molecule has 12 aromatic rings. The van der Waals surface area contributed by atoms with Crippen LogP contribution in [0.25, 0.3) is 0 Å². The molecular weight excluding hydrogens is 1880 g/mol. The number of aryl methyl sites for hydroxylation is 2. The summed E-state index contributed by atoms with van der Waals surface area (Å²) in [6.07, 6.45) is 0. The van der Waals surface area contributed by atoms with Gasteiger partial charge in [0.25, 0.3) is 5.91 Å². The van der Waals surface area contributed by atoms with Crippen LogP contribution < -0.4 is 43.9 Å². The summed E-state index contributed by atoms with van der Waals surface area (Å²) in [5.74, 6) is -0.462. The summed E-state index contributed by atoms with van der Waals surface area (Å²) in [5, 5.41) is 51.5. The average molecular weight is 1950 g/mol. The second kappa shape index (κ2) is 36.4. The fraction of sp³-hybridized carbons (Fsp3) is 0.189. The number of urea groups is 4. The third-order valence-corrected chi connectivity index (χ3v) is 25.8. The predicted molar refractivity (Wildman–Crippen MR) is 495 cm³/mol. The minimum atomic E-state index is -3.05. The van der Waals surface area contributed by atoms with Gasteiger partial charge in [0.05, 0.1) is 58.5 Å². The molecule has 8 aliphatic heterocycles. The number of hydrogen-bond acceptors (Lipinski definition) is 14. The minimum Gasteiger partial charge on any atom is -0.508 e. The number of aliphatic hydroxyl groups is 3. The van der Waals surface area contributed by atoms with Gasteiger partial charge in [-0.25, -0.2) is 24.1 Å². The molecule has 8 heterocycles. The van der Waals surface area contributed by atoms with E-state index in [0.717, 1.165) is 10.0 Å². The number of carbonyl (C=O) groups is 5. The molecule has 9 amide bonds. The average Bonchev–Trinajstić information content (AvgIpc) is 1.52. The number of carbonyl (C=O) groups excluding carboxylic acids is 5. The van der Waals surface area contributed by atoms with Crippen LogP contribution in [0.2, 0.25) is 40.2 Å². The fourth-order valence-electron chi connectivity index (χ4n) is 17.0. The number of halogens is 11. The third-order valence-electron chi connectivity index (χ3n) is 23.3. The summed E-state index contributed by atoms with van der Waals surface area (Å²) in [6.45, 7) is 1.93. The summed E-state index contributed by atoms with van der Waals surface area (Å²) in [7, 11) is 0. The van der Waals surface area contributed by atoms with Crippen molar-refractivity contribution in [2.75, 3.05) is 92.1 Å². The molecule has 0 saturated carbocycles. The zero-order chi connectivity index (χ0) is 90.6. The SMILES string of the molecule is Cc1cccc(Br)c1.Cc1cccc(C2(O)N(c3ccc(Cl)cc3)C(=O)N(c3ccc(Cl)cc3)C23COC3)c1.O=C1N(c2ccc(Cl)cc2)C(=O)C2(COC2)N1c1ccc(Cl)cc1.O=C1N(c2ccc(Cl)cc2)C2(COC2)C(O)(c2cccc(O)c2)N1c1ccc(Cl)cc1.O=C1N(c2ccc(Cl)cc2)C2(COC2)C(O)(c2cccc(OC(F)F)c2)N1c1ccc(Cl)cc1. The zero-order valence-corrected chi connectivity index (χ0v) is 75.2. The number of rotatable bonds is 13. The first-order valence-corrected chi connectivity index (χ1v) is 43.4. The van der Waals surface area contributed by atoms with Gasteiger partial charge in [0.15, 0.2) is 5.54 Å². The van der Waals surface area contributed by atoms with E-state index in [9.17, 15) is 53.2 Å². The molecule has 3 atom stereocenters. The number of phenolic OH excluding ortho intramolecular Hbond substituents is 1. The molecule has 22 nitrogen and oxygen atoms in total. The molecule has 8 fully saturated rings. The van der Waals surface area contributed by atoms with E-state index in [2.05, 4.69) is 39.7 Å². The number of phenols is 1. The maximum atomic E-state index is 14.0. The van der Waals surface area contributed by atoms with Crippen molar-refractivity contribution in [3.63, 3.8) is 0 Å². The van der Waals surface area contributed by atoms with Gasteiger partial charge in [0.2, 0.25) is 17.2 Å². The number of amides is 9. The zero-order valence-electron chi connectivity index (χ0n) is 67.6. The summed E-state index contributed by atoms with van der Waals surface area (Å²) in [6, 6.07) is 79.8. The number of ether oxygens (including phenoxy) is 5. The van der Waals surface area contributed by atoms with Crippen LogP contribution in [0.3, 0.4) is 0 Å². The number of aromatic hydroxyl groups is 1. The predicted octanol–water partition coefficient (Wildman–Crippen LogP) is 22.3. The molecule has 20 rings (SSSR count). The van der Waals surface area contributed by atoms with E-state index in [1.807, 2.05) is 43.3 Å². The molecule has 12 aromatic carbocycles. The first-order valence-electron chi connectivity index (χ1n) is 39.6. The fourth-order valence-corrected chi connectivity index (χ4v) is 18.5. The third kappa shape index (κ3) is 16.1. The maximum absolute atomic E-state index is 14.0. The molecule has 8 saturated heterocycles. The van der Waals surface area contributed by atoms with Gasteiger partial charge in [-0.15, -0.1) is 0 Å². The van der Waals surface area contributed by atoms with Crippen molar-refractivity contribution in [3.8, 4) is 11.5 Å². The molecule has 128 heavy (non-hydrogen) atoms. The number of anilines is 8. The lowest BCUT2D eigenvalue weighted by Crippen LogP contribution is -2.70. The number of imide groups is 1. The monoisotopic (exact) mass is 1950 g/mol. The highest BCUT2D eigenvalue weighted by molar-refractivity contribution is 9.10. The molecule has 0 aliphatic carbocycles. The van der Waals surface area contributed by atoms with Crippen molar-refractivity contribution < 1.29 is 76.9 Å². The standard InChI is InChI=1S/C24H18Cl2F2N2O4.C24H20Cl2N2O3.C23H18Cl2N2O4.C17H12Cl2N2O3.C7H7Br/c25-16-4-8-18(9-5-16)29-22(31)30(19-10-6-17(26)7-11-19)24(32,23(29)13-33-14-23)15-2-1-3-20(12-15)34-21(27)28;1-16-3-2-4-17(13-16)24(30)23(14-31-15-23)27(20-9-5-18(25)6-10-20)22(29)28(24)21-11-7-19(26)8-12-21;24-16-4-8-18(9-5-16)26-21(29)27(19-10-6-17(25)7-11-19)23(30,22(26)13-31-14-22)15-2-1-3-20(28)12-15;18-11-1-5-13(6-2-11)20-15(22)17(9-24-10-17)21(16(20)23)14-7-3-12(19)4-8-14;1-6-3-2-4-7(8)5-6/h1-12,21,32H,13-14H2;2-13,30H,14-15H2,1H3;1-12,28,30H,13-14H2;1-8H,9-10H2;2-5H,1H3. The number of hydrogen-bond donors (Lipinski definition) is 4. The van der Waals surface area contributed by atoms with E-state index in [1.54, 1.807) is 222 Å². The Morgan fingerprint density at radius 2 is 0.602 bits per heavy atom. The molecule has 0 bridgehead atoms.